The maximum atomic E-state index is 5.56. The maximum absolute atomic E-state index is 5.56. The normalized spacial score (nSPS) is 11.0. The highest BCUT2D eigenvalue weighted by atomic mass is 35.5. The number of unbranched alkanes of at least 4 members (excludes halogenated alkanes) is 1. The molecular weight excluding hydrogens is 176 g/mol. The van der Waals surface area contributed by atoms with Gasteiger partial charge in [0.25, 0.3) is 0 Å². The molecule has 2 nitrogen and oxygen atoms in total. The minimum Gasteiger partial charge on any atom is -0.353 e. The SMILES string of the molecule is CCOC(CCCCCl)OCC. The molecule has 0 heterocycles. The van der Waals surface area contributed by atoms with Gasteiger partial charge >= 0.3 is 0 Å². The van der Waals surface area contributed by atoms with Crippen molar-refractivity contribution in [3.8, 4) is 0 Å². The van der Waals surface area contributed by atoms with Gasteiger partial charge in [-0.3, -0.25) is 0 Å². The molecule has 0 saturated carbocycles. The second kappa shape index (κ2) is 9.30. The molecule has 0 unspecified atom stereocenters. The first-order valence-corrected chi connectivity index (χ1v) is 5.17. The molecular formula is C9H19ClO2. The average Bonchev–Trinajstić information content (AvgIpc) is 2.06. The summed E-state index contributed by atoms with van der Waals surface area (Å²) in [6, 6.07) is 0. The lowest BCUT2D eigenvalue weighted by Crippen LogP contribution is -2.17. The van der Waals surface area contributed by atoms with Gasteiger partial charge in [0, 0.05) is 19.1 Å². The van der Waals surface area contributed by atoms with Crippen molar-refractivity contribution in [3.05, 3.63) is 0 Å². The Morgan fingerprint density at radius 3 is 2.08 bits per heavy atom. The molecule has 0 aromatic carbocycles. The Hall–Kier alpha value is 0.210. The van der Waals surface area contributed by atoms with Crippen LogP contribution in [0.4, 0.5) is 0 Å². The van der Waals surface area contributed by atoms with Gasteiger partial charge in [0.15, 0.2) is 6.29 Å². The highest BCUT2D eigenvalue weighted by molar-refractivity contribution is 6.17. The first-order chi connectivity index (χ1) is 5.85. The fourth-order valence-electron chi connectivity index (χ4n) is 0.992. The summed E-state index contributed by atoms with van der Waals surface area (Å²) < 4.78 is 10.7. The molecule has 0 aliphatic rings. The Balaban J connectivity index is 3.34. The second-order valence-corrected chi connectivity index (χ2v) is 2.90. The van der Waals surface area contributed by atoms with Gasteiger partial charge in [-0.25, -0.2) is 0 Å². The van der Waals surface area contributed by atoms with E-state index in [1.807, 2.05) is 13.8 Å². The van der Waals surface area contributed by atoms with Crippen molar-refractivity contribution in [3.63, 3.8) is 0 Å². The lowest BCUT2D eigenvalue weighted by atomic mass is 10.2. The Morgan fingerprint density at radius 2 is 1.67 bits per heavy atom. The lowest BCUT2D eigenvalue weighted by molar-refractivity contribution is -0.140. The Kier molecular flexibility index (Phi) is 9.46. The van der Waals surface area contributed by atoms with Gasteiger partial charge in [0.1, 0.15) is 0 Å². The van der Waals surface area contributed by atoms with Crippen molar-refractivity contribution < 1.29 is 9.47 Å². The Morgan fingerprint density at radius 1 is 1.08 bits per heavy atom. The minimum atomic E-state index is -0.0248. The van der Waals surface area contributed by atoms with Crippen molar-refractivity contribution in [2.45, 2.75) is 39.4 Å². The van der Waals surface area contributed by atoms with Gasteiger partial charge < -0.3 is 9.47 Å². The zero-order valence-corrected chi connectivity index (χ0v) is 8.77. The van der Waals surface area contributed by atoms with E-state index in [0.717, 1.165) is 25.1 Å². The van der Waals surface area contributed by atoms with Crippen LogP contribution in [0.5, 0.6) is 0 Å². The lowest BCUT2D eigenvalue weighted by Gasteiger charge is -2.16. The quantitative estimate of drug-likeness (QED) is 0.336. The number of hydrogen-bond donors (Lipinski definition) is 0. The monoisotopic (exact) mass is 194 g/mol. The van der Waals surface area contributed by atoms with Crippen LogP contribution in [0.3, 0.4) is 0 Å². The molecule has 74 valence electrons. The van der Waals surface area contributed by atoms with E-state index in [-0.39, 0.29) is 6.29 Å². The summed E-state index contributed by atoms with van der Waals surface area (Å²) in [5.41, 5.74) is 0. The summed E-state index contributed by atoms with van der Waals surface area (Å²) in [4.78, 5) is 0. The molecule has 0 saturated heterocycles. The molecule has 3 heteroatoms. The largest absolute Gasteiger partial charge is 0.353 e. The molecule has 0 rings (SSSR count). The van der Waals surface area contributed by atoms with E-state index < -0.39 is 0 Å². The summed E-state index contributed by atoms with van der Waals surface area (Å²) in [7, 11) is 0. The van der Waals surface area contributed by atoms with Crippen LogP contribution >= 0.6 is 11.6 Å². The molecule has 0 fully saturated rings. The van der Waals surface area contributed by atoms with Gasteiger partial charge in [-0.15, -0.1) is 11.6 Å². The summed E-state index contributed by atoms with van der Waals surface area (Å²) in [6.45, 7) is 5.39. The second-order valence-electron chi connectivity index (χ2n) is 2.53. The molecule has 0 aromatic rings. The molecule has 0 bridgehead atoms. The number of rotatable bonds is 8. The fraction of sp³-hybridized carbons (Fsp3) is 1.00. The summed E-state index contributed by atoms with van der Waals surface area (Å²) in [5.74, 6) is 0.727. The minimum absolute atomic E-state index is 0.0248. The van der Waals surface area contributed by atoms with Gasteiger partial charge in [-0.05, 0) is 33.1 Å². The first kappa shape index (κ1) is 12.2. The molecule has 0 amide bonds. The summed E-state index contributed by atoms with van der Waals surface area (Å²) in [6.07, 6.45) is 3.05. The molecule has 0 N–H and O–H groups in total. The van der Waals surface area contributed by atoms with Crippen LogP contribution in [-0.2, 0) is 9.47 Å². The Labute approximate surface area is 80.2 Å². The van der Waals surface area contributed by atoms with Gasteiger partial charge in [-0.1, -0.05) is 0 Å². The van der Waals surface area contributed by atoms with E-state index in [2.05, 4.69) is 0 Å². The van der Waals surface area contributed by atoms with Crippen molar-refractivity contribution in [2.24, 2.45) is 0 Å². The number of halogens is 1. The van der Waals surface area contributed by atoms with Crippen LogP contribution in [0.1, 0.15) is 33.1 Å². The van der Waals surface area contributed by atoms with E-state index in [9.17, 15) is 0 Å². The van der Waals surface area contributed by atoms with Gasteiger partial charge in [-0.2, -0.15) is 0 Å². The highest BCUT2D eigenvalue weighted by Gasteiger charge is 2.06. The molecule has 0 aliphatic carbocycles. The number of alkyl halides is 1. The van der Waals surface area contributed by atoms with Crippen LogP contribution in [0.2, 0.25) is 0 Å². The van der Waals surface area contributed by atoms with Crippen LogP contribution in [-0.4, -0.2) is 25.4 Å². The molecule has 0 atom stereocenters. The third-order valence-electron chi connectivity index (χ3n) is 1.53. The third-order valence-corrected chi connectivity index (χ3v) is 1.80. The zero-order chi connectivity index (χ0) is 9.23. The van der Waals surface area contributed by atoms with Gasteiger partial charge in [0.05, 0.1) is 0 Å². The van der Waals surface area contributed by atoms with E-state index in [1.165, 1.54) is 0 Å². The molecule has 0 aromatic heterocycles. The van der Waals surface area contributed by atoms with Crippen molar-refractivity contribution in [2.75, 3.05) is 19.1 Å². The number of hydrogen-bond acceptors (Lipinski definition) is 2. The van der Waals surface area contributed by atoms with Gasteiger partial charge in [0.2, 0.25) is 0 Å². The predicted octanol–water partition coefficient (Wildman–Crippen LogP) is 2.79. The summed E-state index contributed by atoms with van der Waals surface area (Å²) in [5, 5.41) is 0. The topological polar surface area (TPSA) is 18.5 Å². The molecule has 0 aliphatic heterocycles. The Bertz CT molecular complexity index is 82.6. The van der Waals surface area contributed by atoms with Crippen molar-refractivity contribution in [1.29, 1.82) is 0 Å². The van der Waals surface area contributed by atoms with E-state index >= 15 is 0 Å². The van der Waals surface area contributed by atoms with E-state index in [1.54, 1.807) is 0 Å². The highest BCUT2D eigenvalue weighted by Crippen LogP contribution is 2.07. The standard InChI is InChI=1S/C9H19ClO2/c1-3-11-9(12-4-2)7-5-6-8-10/h9H,3-8H2,1-2H3. The average molecular weight is 195 g/mol. The number of ether oxygens (including phenoxy) is 2. The van der Waals surface area contributed by atoms with Crippen molar-refractivity contribution in [1.82, 2.24) is 0 Å². The van der Waals surface area contributed by atoms with Crippen LogP contribution < -0.4 is 0 Å². The fourth-order valence-corrected chi connectivity index (χ4v) is 1.18. The predicted molar refractivity (Wildman–Crippen MR) is 51.6 cm³/mol. The zero-order valence-electron chi connectivity index (χ0n) is 8.01. The summed E-state index contributed by atoms with van der Waals surface area (Å²) >= 11 is 5.56. The van der Waals surface area contributed by atoms with Crippen LogP contribution in [0.25, 0.3) is 0 Å². The molecule has 0 spiro atoms. The molecule has 0 radical (unpaired) electrons. The maximum Gasteiger partial charge on any atom is 0.157 e. The first-order valence-electron chi connectivity index (χ1n) is 4.64. The van der Waals surface area contributed by atoms with E-state index in [4.69, 9.17) is 21.1 Å². The van der Waals surface area contributed by atoms with Crippen LogP contribution in [0, 0.1) is 0 Å². The van der Waals surface area contributed by atoms with Crippen LogP contribution in [0.15, 0.2) is 0 Å². The third kappa shape index (κ3) is 6.89. The smallest absolute Gasteiger partial charge is 0.157 e. The molecule has 12 heavy (non-hydrogen) atoms. The van der Waals surface area contributed by atoms with Crippen molar-refractivity contribution >= 4 is 11.6 Å². The van der Waals surface area contributed by atoms with E-state index in [0.29, 0.717) is 13.2 Å².